The van der Waals surface area contributed by atoms with Gasteiger partial charge in [0.15, 0.2) is 0 Å². The molecule has 26 heavy (non-hydrogen) atoms. The summed E-state index contributed by atoms with van der Waals surface area (Å²) in [6.45, 7) is 1.42. The lowest BCUT2D eigenvalue weighted by atomic mass is 10.2. The zero-order chi connectivity index (χ0) is 18.4. The number of carbonyl (C=O) groups excluding carboxylic acids is 1. The fraction of sp³-hybridized carbons (Fsp3) is 0.375. The number of aromatic nitrogens is 3. The molecule has 3 rings (SSSR count). The summed E-state index contributed by atoms with van der Waals surface area (Å²) >= 11 is 0. The quantitative estimate of drug-likeness (QED) is 0.614. The molecule has 0 unspecified atom stereocenters. The Balaban J connectivity index is 1.81. The van der Waals surface area contributed by atoms with Gasteiger partial charge < -0.3 is 4.90 Å². The summed E-state index contributed by atoms with van der Waals surface area (Å²) < 4.78 is 0. The SMILES string of the molecule is O=C(NNc1ncnc(N2CCCCCC2)c1[N+](=O)[O-])c1cccnc1. The molecule has 10 nitrogen and oxygen atoms in total. The Morgan fingerprint density at radius 1 is 1.19 bits per heavy atom. The van der Waals surface area contributed by atoms with Crippen LogP contribution in [-0.2, 0) is 0 Å². The van der Waals surface area contributed by atoms with Gasteiger partial charge in [0, 0.05) is 25.5 Å². The third-order valence-corrected chi connectivity index (χ3v) is 4.11. The Labute approximate surface area is 149 Å². The maximum absolute atomic E-state index is 12.1. The first-order valence-corrected chi connectivity index (χ1v) is 8.37. The highest BCUT2D eigenvalue weighted by molar-refractivity contribution is 5.94. The number of hydrogen-bond acceptors (Lipinski definition) is 8. The minimum Gasteiger partial charge on any atom is -0.351 e. The van der Waals surface area contributed by atoms with Crippen molar-refractivity contribution in [2.45, 2.75) is 25.7 Å². The van der Waals surface area contributed by atoms with Crippen molar-refractivity contribution in [1.82, 2.24) is 20.4 Å². The van der Waals surface area contributed by atoms with E-state index in [0.717, 1.165) is 25.7 Å². The van der Waals surface area contributed by atoms with Crippen LogP contribution in [0.25, 0.3) is 0 Å². The highest BCUT2D eigenvalue weighted by atomic mass is 16.6. The Bertz CT molecular complexity index is 777. The lowest BCUT2D eigenvalue weighted by molar-refractivity contribution is -0.383. The van der Waals surface area contributed by atoms with Crippen LogP contribution >= 0.6 is 0 Å². The van der Waals surface area contributed by atoms with Crippen molar-refractivity contribution in [2.24, 2.45) is 0 Å². The summed E-state index contributed by atoms with van der Waals surface area (Å²) in [6.07, 6.45) is 8.32. The molecule has 0 radical (unpaired) electrons. The molecule has 10 heteroatoms. The molecule has 1 fully saturated rings. The van der Waals surface area contributed by atoms with Gasteiger partial charge in [-0.2, -0.15) is 0 Å². The Kier molecular flexibility index (Phi) is 5.52. The normalized spacial score (nSPS) is 14.4. The number of nitrogens with zero attached hydrogens (tertiary/aromatic N) is 5. The van der Waals surface area contributed by atoms with E-state index >= 15 is 0 Å². The maximum atomic E-state index is 12.1. The van der Waals surface area contributed by atoms with Gasteiger partial charge in [-0.25, -0.2) is 9.97 Å². The van der Waals surface area contributed by atoms with E-state index in [1.165, 1.54) is 12.5 Å². The van der Waals surface area contributed by atoms with Crippen molar-refractivity contribution in [3.8, 4) is 0 Å². The van der Waals surface area contributed by atoms with Crippen molar-refractivity contribution < 1.29 is 9.72 Å². The third-order valence-electron chi connectivity index (χ3n) is 4.11. The van der Waals surface area contributed by atoms with Gasteiger partial charge in [0.05, 0.1) is 10.5 Å². The second-order valence-corrected chi connectivity index (χ2v) is 5.87. The average molecular weight is 357 g/mol. The van der Waals surface area contributed by atoms with Gasteiger partial charge in [0.25, 0.3) is 5.91 Å². The van der Waals surface area contributed by atoms with Crippen LogP contribution in [0.15, 0.2) is 30.9 Å². The minimum absolute atomic E-state index is 0.0542. The van der Waals surface area contributed by atoms with E-state index < -0.39 is 10.8 Å². The molecule has 0 aromatic carbocycles. The summed E-state index contributed by atoms with van der Waals surface area (Å²) in [7, 11) is 0. The van der Waals surface area contributed by atoms with Gasteiger partial charge in [-0.05, 0) is 25.0 Å². The van der Waals surface area contributed by atoms with Gasteiger partial charge in [0.1, 0.15) is 6.33 Å². The summed E-state index contributed by atoms with van der Waals surface area (Å²) in [5, 5.41) is 11.6. The maximum Gasteiger partial charge on any atom is 0.355 e. The molecule has 1 saturated heterocycles. The van der Waals surface area contributed by atoms with Crippen molar-refractivity contribution >= 4 is 23.2 Å². The fourth-order valence-electron chi connectivity index (χ4n) is 2.83. The zero-order valence-electron chi connectivity index (χ0n) is 14.1. The molecular weight excluding hydrogens is 338 g/mol. The molecule has 2 aromatic rings. The Morgan fingerprint density at radius 3 is 2.62 bits per heavy atom. The largest absolute Gasteiger partial charge is 0.355 e. The molecule has 3 heterocycles. The Morgan fingerprint density at radius 2 is 1.96 bits per heavy atom. The lowest BCUT2D eigenvalue weighted by Gasteiger charge is -2.21. The molecule has 0 saturated carbocycles. The van der Waals surface area contributed by atoms with Crippen LogP contribution in [0.3, 0.4) is 0 Å². The molecule has 136 valence electrons. The number of pyridine rings is 1. The molecule has 0 aliphatic carbocycles. The molecule has 0 spiro atoms. The summed E-state index contributed by atoms with van der Waals surface area (Å²) in [4.78, 5) is 37.0. The van der Waals surface area contributed by atoms with E-state index in [4.69, 9.17) is 0 Å². The minimum atomic E-state index is -0.529. The monoisotopic (exact) mass is 357 g/mol. The van der Waals surface area contributed by atoms with Crippen molar-refractivity contribution in [2.75, 3.05) is 23.4 Å². The van der Waals surface area contributed by atoms with E-state index in [0.29, 0.717) is 18.7 Å². The van der Waals surface area contributed by atoms with Crippen molar-refractivity contribution in [3.05, 3.63) is 46.5 Å². The molecule has 0 atom stereocenters. The molecule has 2 aromatic heterocycles. The first kappa shape index (κ1) is 17.5. The van der Waals surface area contributed by atoms with E-state index in [9.17, 15) is 14.9 Å². The lowest BCUT2D eigenvalue weighted by Crippen LogP contribution is -2.31. The van der Waals surface area contributed by atoms with Gasteiger partial charge >= 0.3 is 5.69 Å². The highest BCUT2D eigenvalue weighted by Crippen LogP contribution is 2.32. The number of hydrazine groups is 1. The topological polar surface area (TPSA) is 126 Å². The fourth-order valence-corrected chi connectivity index (χ4v) is 2.83. The number of anilines is 2. The van der Waals surface area contributed by atoms with Crippen LogP contribution in [-0.4, -0.2) is 38.9 Å². The molecular formula is C16H19N7O3. The molecule has 0 bridgehead atoms. The number of nitro groups is 1. The predicted molar refractivity (Wildman–Crippen MR) is 94.7 cm³/mol. The highest BCUT2D eigenvalue weighted by Gasteiger charge is 2.27. The van der Waals surface area contributed by atoms with Gasteiger partial charge in [-0.1, -0.05) is 12.8 Å². The van der Waals surface area contributed by atoms with E-state index in [1.54, 1.807) is 18.3 Å². The van der Waals surface area contributed by atoms with Crippen molar-refractivity contribution in [1.29, 1.82) is 0 Å². The van der Waals surface area contributed by atoms with Gasteiger partial charge in [-0.15, -0.1) is 0 Å². The number of carbonyl (C=O) groups is 1. The van der Waals surface area contributed by atoms with Crippen LogP contribution in [0.2, 0.25) is 0 Å². The summed E-state index contributed by atoms with van der Waals surface area (Å²) in [5.41, 5.74) is 5.03. The van der Waals surface area contributed by atoms with Crippen LogP contribution in [0.1, 0.15) is 36.0 Å². The number of nitrogens with one attached hydrogen (secondary N) is 2. The second kappa shape index (κ2) is 8.19. The third kappa shape index (κ3) is 4.02. The standard InChI is InChI=1S/C16H19N7O3/c24-16(12-6-5-7-17-10-12)21-20-14-13(23(25)26)15(19-11-18-14)22-8-3-1-2-4-9-22/h5-7,10-11H,1-4,8-9H2,(H,21,24)(H,18,19,20). The summed E-state index contributed by atoms with van der Waals surface area (Å²) in [5.74, 6) is -0.256. The van der Waals surface area contributed by atoms with E-state index in [2.05, 4.69) is 25.8 Å². The van der Waals surface area contributed by atoms with Crippen molar-refractivity contribution in [3.63, 3.8) is 0 Å². The second-order valence-electron chi connectivity index (χ2n) is 5.87. The number of rotatable bonds is 5. The summed E-state index contributed by atoms with van der Waals surface area (Å²) in [6, 6.07) is 3.21. The van der Waals surface area contributed by atoms with Crippen LogP contribution < -0.4 is 15.8 Å². The molecule has 2 N–H and O–H groups in total. The smallest absolute Gasteiger partial charge is 0.351 e. The van der Waals surface area contributed by atoms with E-state index in [1.807, 2.05) is 4.90 Å². The Hall–Kier alpha value is -3.30. The van der Waals surface area contributed by atoms with E-state index in [-0.39, 0.29) is 17.3 Å². The zero-order valence-corrected chi connectivity index (χ0v) is 14.1. The van der Waals surface area contributed by atoms with Crippen LogP contribution in [0.5, 0.6) is 0 Å². The first-order chi connectivity index (χ1) is 12.7. The average Bonchev–Trinajstić information content (AvgIpc) is 2.95. The van der Waals surface area contributed by atoms with Crippen LogP contribution in [0, 0.1) is 10.1 Å². The van der Waals surface area contributed by atoms with Gasteiger partial charge in [0.2, 0.25) is 11.6 Å². The van der Waals surface area contributed by atoms with Crippen LogP contribution in [0.4, 0.5) is 17.3 Å². The number of hydrogen-bond donors (Lipinski definition) is 2. The molecule has 1 aliphatic rings. The molecule has 1 amide bonds. The molecule has 1 aliphatic heterocycles. The van der Waals surface area contributed by atoms with Gasteiger partial charge in [-0.3, -0.25) is 30.7 Å². The first-order valence-electron chi connectivity index (χ1n) is 8.37. The number of amides is 1. The predicted octanol–water partition coefficient (Wildman–Crippen LogP) is 1.92.